The number of nitroso groups, excluding NO2 is 1. The van der Waals surface area contributed by atoms with Crippen LogP contribution in [0.4, 0.5) is 5.69 Å². The van der Waals surface area contributed by atoms with E-state index >= 15 is 0 Å². The first-order valence-electron chi connectivity index (χ1n) is 9.88. The number of carbonyl (C=O) groups is 2. The monoisotopic (exact) mass is 500 g/mol. The number of esters is 1. The number of ether oxygens (including phenoxy) is 1. The van der Waals surface area contributed by atoms with Gasteiger partial charge in [-0.3, -0.25) is 4.79 Å². The zero-order valence-electron chi connectivity index (χ0n) is 17.3. The molecule has 14 heteroatoms. The van der Waals surface area contributed by atoms with Gasteiger partial charge >= 0.3 is 5.97 Å². The number of nitrogens with two attached hydrogens (primary N) is 1. The quantitative estimate of drug-likeness (QED) is 0.189. The van der Waals surface area contributed by atoms with Gasteiger partial charge in [0.1, 0.15) is 23.3 Å². The third-order valence-corrected chi connectivity index (χ3v) is 6.27. The van der Waals surface area contributed by atoms with Crippen molar-refractivity contribution in [1.82, 2.24) is 10.3 Å². The molecule has 2 heterocycles. The van der Waals surface area contributed by atoms with Crippen molar-refractivity contribution < 1.29 is 27.2 Å². The highest BCUT2D eigenvalue weighted by Gasteiger charge is 2.32. The van der Waals surface area contributed by atoms with Crippen molar-refractivity contribution in [1.29, 1.82) is 0 Å². The van der Waals surface area contributed by atoms with E-state index in [0.29, 0.717) is 25.1 Å². The van der Waals surface area contributed by atoms with Crippen LogP contribution in [0.2, 0.25) is 5.02 Å². The van der Waals surface area contributed by atoms with Gasteiger partial charge in [0.05, 0.1) is 35.2 Å². The van der Waals surface area contributed by atoms with E-state index in [1.165, 1.54) is 12.3 Å². The number of nitrogens with zero attached hydrogens (tertiary/aromatic N) is 2. The molecule has 0 unspecified atom stereocenters. The number of nitrogens with one attached hydrogen (secondary N) is 2. The van der Waals surface area contributed by atoms with Crippen LogP contribution in [0, 0.1) is 4.91 Å². The van der Waals surface area contributed by atoms with Crippen LogP contribution >= 0.6 is 11.6 Å². The van der Waals surface area contributed by atoms with Crippen LogP contribution in [0.5, 0.6) is 0 Å². The minimum Gasteiger partial charge on any atom is -0.467 e. The van der Waals surface area contributed by atoms with E-state index in [1.807, 2.05) is 0 Å². The number of furan rings is 1. The Morgan fingerprint density at radius 3 is 2.82 bits per heavy atom. The zero-order valence-corrected chi connectivity index (χ0v) is 18.9. The lowest BCUT2D eigenvalue weighted by molar-refractivity contribution is -0.148. The van der Waals surface area contributed by atoms with Crippen molar-refractivity contribution in [2.75, 3.05) is 25.0 Å². The van der Waals surface area contributed by atoms with Crippen molar-refractivity contribution in [2.24, 2.45) is 10.4 Å². The van der Waals surface area contributed by atoms with Crippen LogP contribution in [0.25, 0.3) is 0 Å². The number of sulfonamides is 1. The number of hydrogen-bond donors (Lipinski definition) is 3. The smallest absolute Gasteiger partial charge is 0.330 e. The van der Waals surface area contributed by atoms with E-state index in [1.54, 1.807) is 12.1 Å². The molecule has 1 amide bonds. The van der Waals surface area contributed by atoms with Crippen molar-refractivity contribution in [2.45, 2.75) is 30.3 Å². The third kappa shape index (κ3) is 6.21. The zero-order chi connectivity index (χ0) is 24.0. The van der Waals surface area contributed by atoms with Gasteiger partial charge in [-0.25, -0.2) is 23.4 Å². The minimum atomic E-state index is -4.18. The Hall–Kier alpha value is -3.16. The summed E-state index contributed by atoms with van der Waals surface area (Å²) in [5, 5.41) is 14.5. The average Bonchev–Trinajstić information content (AvgIpc) is 3.45. The molecule has 0 saturated carbocycles. The largest absolute Gasteiger partial charge is 0.467 e. The highest BCUT2D eigenvalue weighted by atomic mass is 35.5. The van der Waals surface area contributed by atoms with E-state index in [0.717, 1.165) is 11.1 Å². The summed E-state index contributed by atoms with van der Waals surface area (Å²) < 4.78 is 34.0. The van der Waals surface area contributed by atoms with Crippen LogP contribution in [0.3, 0.4) is 0 Å². The van der Waals surface area contributed by atoms with Crippen molar-refractivity contribution in [3.05, 3.63) is 51.8 Å². The molecule has 0 aliphatic carbocycles. The summed E-state index contributed by atoms with van der Waals surface area (Å²) in [6.07, 6.45) is 2.60. The first-order valence-corrected chi connectivity index (χ1v) is 11.8. The molecular formula is C19H22ClN5O7S. The van der Waals surface area contributed by atoms with Gasteiger partial charge in [-0.2, -0.15) is 0 Å². The summed E-state index contributed by atoms with van der Waals surface area (Å²) >= 11 is 6.05. The van der Waals surface area contributed by atoms with Crippen LogP contribution in [0.1, 0.15) is 29.0 Å². The lowest BCUT2D eigenvalue weighted by Crippen LogP contribution is -2.35. The maximum Gasteiger partial charge on any atom is 0.330 e. The summed E-state index contributed by atoms with van der Waals surface area (Å²) in [5.74, 6) is -0.678. The Bertz CT molecular complexity index is 1120. The summed E-state index contributed by atoms with van der Waals surface area (Å²) in [4.78, 5) is 35.2. The molecule has 1 aliphatic rings. The maximum absolute atomic E-state index is 12.8. The fraction of sp³-hybridized carbons (Fsp3) is 0.368. The predicted octanol–water partition coefficient (Wildman–Crippen LogP) is 1.61. The molecule has 0 spiro atoms. The van der Waals surface area contributed by atoms with Gasteiger partial charge in [-0.15, -0.1) is 4.91 Å². The average molecular weight is 501 g/mol. The topological polar surface area (TPSA) is 173 Å². The standard InChI is InChI=1S/C19H22ClN5O7S/c20-14-10-15(23-11-12-3-2-7-31-12)13(9-17(14)33(21,29)30)18(26)22-5-8-32-19(27)16-4-1-6-25(16)24-28/h2-3,7,9-10,16,23H,1,4-6,8,11H2,(H,22,26)(H2,21,29,30)/t16-/m0/s1/i24+1. The molecule has 12 nitrogen and oxygen atoms in total. The number of benzene rings is 1. The molecule has 1 fully saturated rings. The summed E-state index contributed by atoms with van der Waals surface area (Å²) in [6, 6.07) is 5.02. The number of halogens is 1. The Morgan fingerprint density at radius 1 is 1.36 bits per heavy atom. The molecule has 0 bridgehead atoms. The van der Waals surface area contributed by atoms with E-state index in [9.17, 15) is 22.9 Å². The number of carbonyl (C=O) groups excluding carboxylic acids is 2. The van der Waals surface area contributed by atoms with Gasteiger partial charge in [-0.05, 0) is 37.1 Å². The first-order chi connectivity index (χ1) is 15.7. The van der Waals surface area contributed by atoms with Gasteiger partial charge in [0.15, 0.2) is 0 Å². The second-order valence-corrected chi connectivity index (χ2v) is 9.07. The fourth-order valence-electron chi connectivity index (χ4n) is 3.30. The highest BCUT2D eigenvalue weighted by Crippen LogP contribution is 2.29. The van der Waals surface area contributed by atoms with Crippen molar-refractivity contribution in [3.8, 4) is 0 Å². The molecule has 2 aromatic rings. The third-order valence-electron chi connectivity index (χ3n) is 4.89. The number of rotatable bonds is 10. The molecule has 1 aromatic heterocycles. The Balaban J connectivity index is 1.66. The summed E-state index contributed by atoms with van der Waals surface area (Å²) in [6.45, 7) is 0.380. The molecular weight excluding hydrogens is 479 g/mol. The van der Waals surface area contributed by atoms with E-state index < -0.39 is 32.8 Å². The van der Waals surface area contributed by atoms with Crippen LogP contribution in [0.15, 0.2) is 45.1 Å². The fourth-order valence-corrected chi connectivity index (χ4v) is 4.40. The van der Waals surface area contributed by atoms with Gasteiger partial charge in [0.2, 0.25) is 10.0 Å². The summed E-state index contributed by atoms with van der Waals surface area (Å²) in [7, 11) is -4.18. The van der Waals surface area contributed by atoms with Crippen molar-refractivity contribution >= 4 is 39.2 Å². The number of hydrogen-bond acceptors (Lipinski definition) is 9. The first kappa shape index (κ1) is 24.5. The van der Waals surface area contributed by atoms with Gasteiger partial charge < -0.3 is 19.8 Å². The number of amides is 1. The highest BCUT2D eigenvalue weighted by molar-refractivity contribution is 7.89. The lowest BCUT2D eigenvalue weighted by Gasteiger charge is -2.17. The van der Waals surface area contributed by atoms with Crippen LogP contribution in [-0.2, 0) is 26.1 Å². The van der Waals surface area contributed by atoms with Crippen LogP contribution < -0.4 is 15.8 Å². The number of primary sulfonamides is 1. The van der Waals surface area contributed by atoms with Gasteiger partial charge in [0, 0.05) is 12.2 Å². The lowest BCUT2D eigenvalue weighted by atomic mass is 10.1. The maximum atomic E-state index is 12.8. The Labute approximate surface area is 194 Å². The molecule has 1 atom stereocenters. The second kappa shape index (κ2) is 10.6. The van der Waals surface area contributed by atoms with E-state index in [-0.39, 0.29) is 36.0 Å². The Kier molecular flexibility index (Phi) is 7.89. The molecule has 33 heavy (non-hydrogen) atoms. The minimum absolute atomic E-state index is 0.0339. The number of anilines is 1. The second-order valence-electron chi connectivity index (χ2n) is 7.13. The van der Waals surface area contributed by atoms with E-state index in [2.05, 4.69) is 15.9 Å². The van der Waals surface area contributed by atoms with Crippen molar-refractivity contribution in [3.63, 3.8) is 0 Å². The Morgan fingerprint density at radius 2 is 2.15 bits per heavy atom. The molecule has 1 saturated heterocycles. The predicted molar refractivity (Wildman–Crippen MR) is 118 cm³/mol. The summed E-state index contributed by atoms with van der Waals surface area (Å²) in [5.41, 5.74) is 0.213. The van der Waals surface area contributed by atoms with Gasteiger partial charge in [-0.1, -0.05) is 11.6 Å². The molecule has 178 valence electrons. The molecule has 1 aromatic carbocycles. The SMILES string of the molecule is NS(=O)(=O)c1cc(C(=O)NCCOC(=O)[C@@H]2CCCN2[15N]=O)c(NCc2ccco2)cc1Cl. The normalized spacial score (nSPS) is 15.8. The molecule has 4 N–H and O–H groups in total. The molecule has 1 aliphatic heterocycles. The van der Waals surface area contributed by atoms with E-state index in [4.69, 9.17) is 25.9 Å². The van der Waals surface area contributed by atoms with Gasteiger partial charge in [0.25, 0.3) is 5.91 Å². The van der Waals surface area contributed by atoms with Crippen LogP contribution in [-0.4, -0.2) is 51.0 Å². The molecule has 3 rings (SSSR count). The molecule has 0 radical (unpaired) electrons.